The van der Waals surface area contributed by atoms with Crippen molar-refractivity contribution < 1.29 is 29.2 Å². The van der Waals surface area contributed by atoms with Crippen molar-refractivity contribution in [1.29, 1.82) is 0 Å². The van der Waals surface area contributed by atoms with Crippen molar-refractivity contribution in [2.45, 2.75) is 52.6 Å². The van der Waals surface area contributed by atoms with E-state index >= 15 is 0 Å². The first kappa shape index (κ1) is 17.3. The second-order valence-corrected chi connectivity index (χ2v) is 5.45. The molecule has 0 radical (unpaired) electrons. The lowest BCUT2D eigenvalue weighted by Crippen LogP contribution is -2.32. The third-order valence-corrected chi connectivity index (χ3v) is 3.19. The van der Waals surface area contributed by atoms with Crippen LogP contribution in [0, 0.1) is 0 Å². The largest absolute Gasteiger partial charge is 0.345 e. The quantitative estimate of drug-likeness (QED) is 0.385. The number of amides is 2. The molecular formula is C14H21NO6. The average Bonchev–Trinajstić information content (AvgIpc) is 2.65. The van der Waals surface area contributed by atoms with Crippen LogP contribution in [0.3, 0.4) is 0 Å². The predicted molar refractivity (Wildman–Crippen MR) is 72.3 cm³/mol. The number of carbonyl (C=O) groups excluding carboxylic acids is 3. The van der Waals surface area contributed by atoms with Crippen molar-refractivity contribution in [3.05, 3.63) is 11.6 Å². The van der Waals surface area contributed by atoms with Gasteiger partial charge in [0.15, 0.2) is 0 Å². The third-order valence-electron chi connectivity index (χ3n) is 3.19. The van der Waals surface area contributed by atoms with Gasteiger partial charge in [-0.15, -0.1) is 0 Å². The molecular weight excluding hydrogens is 278 g/mol. The average molecular weight is 299 g/mol. The molecule has 0 saturated heterocycles. The van der Waals surface area contributed by atoms with Crippen LogP contribution >= 0.6 is 0 Å². The van der Waals surface area contributed by atoms with Gasteiger partial charge < -0.3 is 0 Å². The maximum Gasteiger partial charge on any atom is 0.345 e. The van der Waals surface area contributed by atoms with Crippen LogP contribution in [-0.4, -0.2) is 34.8 Å². The second kappa shape index (κ2) is 7.33. The number of carbonyl (C=O) groups is 3. The van der Waals surface area contributed by atoms with Crippen LogP contribution in [0.5, 0.6) is 0 Å². The molecule has 1 heterocycles. The van der Waals surface area contributed by atoms with E-state index < -0.39 is 11.6 Å². The lowest BCUT2D eigenvalue weighted by molar-refractivity contribution is -0.517. The maximum absolute atomic E-state index is 11.6. The summed E-state index contributed by atoms with van der Waals surface area (Å²) in [6, 6.07) is 0. The molecule has 0 spiro atoms. The minimum atomic E-state index is -0.620. The van der Waals surface area contributed by atoms with Crippen LogP contribution in [0.25, 0.3) is 0 Å². The van der Waals surface area contributed by atoms with Crippen molar-refractivity contribution in [3.63, 3.8) is 0 Å². The maximum atomic E-state index is 11.6. The summed E-state index contributed by atoms with van der Waals surface area (Å²) in [5.74, 6) is -1.29. The number of hydrogen-bond acceptors (Lipinski definition) is 6. The highest BCUT2D eigenvalue weighted by Crippen LogP contribution is 2.15. The first-order valence-corrected chi connectivity index (χ1v) is 6.86. The highest BCUT2D eigenvalue weighted by atomic mass is 17.5. The van der Waals surface area contributed by atoms with Crippen LogP contribution in [-0.2, 0) is 29.2 Å². The van der Waals surface area contributed by atoms with Crippen LogP contribution in [0.4, 0.5) is 0 Å². The zero-order valence-electron chi connectivity index (χ0n) is 12.8. The van der Waals surface area contributed by atoms with Crippen molar-refractivity contribution in [1.82, 2.24) is 4.90 Å². The highest BCUT2D eigenvalue weighted by molar-refractivity contribution is 6.15. The molecule has 118 valence electrons. The predicted octanol–water partition coefficient (Wildman–Crippen LogP) is 1.68. The Labute approximate surface area is 123 Å². The van der Waals surface area contributed by atoms with Gasteiger partial charge in [-0.1, -0.05) is 6.92 Å². The second-order valence-electron chi connectivity index (χ2n) is 5.45. The van der Waals surface area contributed by atoms with Crippen LogP contribution in [0.2, 0.25) is 0 Å². The first-order chi connectivity index (χ1) is 9.76. The van der Waals surface area contributed by atoms with E-state index in [0.717, 1.165) is 4.90 Å². The molecule has 0 aromatic heterocycles. The molecule has 1 aliphatic rings. The Balaban J connectivity index is 2.20. The number of nitrogens with zero attached hydrogens (tertiary/aromatic N) is 1. The van der Waals surface area contributed by atoms with Crippen molar-refractivity contribution >= 4 is 17.8 Å². The molecule has 0 fully saturated rings. The van der Waals surface area contributed by atoms with Gasteiger partial charge in [0.2, 0.25) is 0 Å². The van der Waals surface area contributed by atoms with Gasteiger partial charge in [0.05, 0.1) is 6.42 Å². The van der Waals surface area contributed by atoms with Crippen molar-refractivity contribution in [3.8, 4) is 0 Å². The fraction of sp³-hybridized carbons (Fsp3) is 0.643. The van der Waals surface area contributed by atoms with Gasteiger partial charge in [0.25, 0.3) is 11.8 Å². The summed E-state index contributed by atoms with van der Waals surface area (Å²) in [5.41, 5.74) is -0.140. The Kier molecular flexibility index (Phi) is 6.04. The molecule has 2 amide bonds. The molecule has 0 unspecified atom stereocenters. The molecule has 0 atom stereocenters. The normalized spacial score (nSPS) is 15.4. The monoisotopic (exact) mass is 299 g/mol. The van der Waals surface area contributed by atoms with Crippen LogP contribution < -0.4 is 0 Å². The molecule has 1 rings (SSSR count). The van der Waals surface area contributed by atoms with E-state index in [0.29, 0.717) is 18.4 Å². The molecule has 0 N–H and O–H groups in total. The molecule has 7 nitrogen and oxygen atoms in total. The van der Waals surface area contributed by atoms with Gasteiger partial charge in [-0.2, -0.15) is 4.89 Å². The third kappa shape index (κ3) is 5.28. The molecule has 7 heteroatoms. The molecule has 21 heavy (non-hydrogen) atoms. The SMILES string of the molecule is CCC(C)(C)OOOC(=O)CCCN1C(=O)C=C(C)C1=O. The van der Waals surface area contributed by atoms with Crippen molar-refractivity contribution in [2.75, 3.05) is 6.54 Å². The zero-order chi connectivity index (χ0) is 16.0. The topological polar surface area (TPSA) is 82.1 Å². The molecule has 0 aromatic carbocycles. The van der Waals surface area contributed by atoms with Gasteiger partial charge in [-0.3, -0.25) is 19.4 Å². The van der Waals surface area contributed by atoms with Gasteiger partial charge >= 0.3 is 5.97 Å². The number of rotatable bonds is 8. The summed E-state index contributed by atoms with van der Waals surface area (Å²) in [6.45, 7) is 7.24. The fourth-order valence-corrected chi connectivity index (χ4v) is 1.48. The van der Waals surface area contributed by atoms with E-state index in [1.165, 1.54) is 6.08 Å². The summed E-state index contributed by atoms with van der Waals surface area (Å²) >= 11 is 0. The summed E-state index contributed by atoms with van der Waals surface area (Å²) < 4.78 is 0. The molecule has 0 aromatic rings. The highest BCUT2D eigenvalue weighted by Gasteiger charge is 2.27. The lowest BCUT2D eigenvalue weighted by Gasteiger charge is -2.19. The van der Waals surface area contributed by atoms with Crippen molar-refractivity contribution in [2.24, 2.45) is 0 Å². The summed E-state index contributed by atoms with van der Waals surface area (Å²) in [7, 11) is 0. The Bertz CT molecular complexity index is 454. The number of hydrogen-bond donors (Lipinski definition) is 0. The van der Waals surface area contributed by atoms with Gasteiger partial charge in [-0.25, -0.2) is 4.79 Å². The first-order valence-electron chi connectivity index (χ1n) is 6.86. The smallest absolute Gasteiger partial charge is 0.275 e. The fourth-order valence-electron chi connectivity index (χ4n) is 1.48. The van der Waals surface area contributed by atoms with Gasteiger partial charge in [0.1, 0.15) is 5.60 Å². The van der Waals surface area contributed by atoms with Gasteiger partial charge in [0, 0.05) is 18.2 Å². The Morgan fingerprint density at radius 2 is 2.00 bits per heavy atom. The van der Waals surface area contributed by atoms with E-state index in [1.54, 1.807) is 20.8 Å². The summed E-state index contributed by atoms with van der Waals surface area (Å²) in [6.07, 6.45) is 2.30. The van der Waals surface area contributed by atoms with E-state index in [2.05, 4.69) is 9.93 Å². The van der Waals surface area contributed by atoms with Crippen LogP contribution in [0.15, 0.2) is 11.6 Å². The standard InChI is InChI=1S/C14H21NO6/c1-5-14(3,4)20-21-19-12(17)7-6-8-15-11(16)9-10(2)13(15)18/h9H,5-8H2,1-4H3. The Hall–Kier alpha value is -1.73. The zero-order valence-corrected chi connectivity index (χ0v) is 12.8. The van der Waals surface area contributed by atoms with E-state index in [1.807, 2.05) is 6.92 Å². The van der Waals surface area contributed by atoms with E-state index in [9.17, 15) is 14.4 Å². The minimum absolute atomic E-state index is 0.0199. The lowest BCUT2D eigenvalue weighted by atomic mass is 10.1. The van der Waals surface area contributed by atoms with Gasteiger partial charge in [-0.05, 0) is 38.7 Å². The Morgan fingerprint density at radius 1 is 1.33 bits per heavy atom. The molecule has 0 aliphatic carbocycles. The number of imide groups is 1. The summed E-state index contributed by atoms with van der Waals surface area (Å²) in [4.78, 5) is 44.9. The Morgan fingerprint density at radius 3 is 2.52 bits per heavy atom. The minimum Gasteiger partial charge on any atom is -0.275 e. The van der Waals surface area contributed by atoms with E-state index in [-0.39, 0.29) is 24.8 Å². The molecule has 1 aliphatic heterocycles. The molecule has 0 saturated carbocycles. The molecule has 0 bridgehead atoms. The van der Waals surface area contributed by atoms with E-state index in [4.69, 9.17) is 4.89 Å². The summed E-state index contributed by atoms with van der Waals surface area (Å²) in [5, 5.41) is 4.43. The van der Waals surface area contributed by atoms with Crippen LogP contribution in [0.1, 0.15) is 47.0 Å².